The van der Waals surface area contributed by atoms with E-state index in [0.29, 0.717) is 6.54 Å². The van der Waals surface area contributed by atoms with E-state index in [2.05, 4.69) is 36.5 Å². The van der Waals surface area contributed by atoms with Crippen LogP contribution in [0.2, 0.25) is 0 Å². The van der Waals surface area contributed by atoms with Crippen LogP contribution >= 0.6 is 0 Å². The van der Waals surface area contributed by atoms with E-state index in [-0.39, 0.29) is 18.0 Å². The SMILES string of the molecule is CCNC(=O)C(C)NC(C)c1c(C)nn(CC)c1C. The molecule has 1 aromatic rings. The van der Waals surface area contributed by atoms with Crippen LogP contribution in [0.15, 0.2) is 0 Å². The van der Waals surface area contributed by atoms with Gasteiger partial charge in [0.1, 0.15) is 0 Å². The topological polar surface area (TPSA) is 59.0 Å². The van der Waals surface area contributed by atoms with Crippen LogP contribution < -0.4 is 10.6 Å². The van der Waals surface area contributed by atoms with Crippen molar-refractivity contribution < 1.29 is 4.79 Å². The molecule has 5 nitrogen and oxygen atoms in total. The third-order valence-electron chi connectivity index (χ3n) is 3.41. The van der Waals surface area contributed by atoms with Crippen LogP contribution in [0.5, 0.6) is 0 Å². The van der Waals surface area contributed by atoms with Crippen molar-refractivity contribution in [2.75, 3.05) is 6.54 Å². The summed E-state index contributed by atoms with van der Waals surface area (Å²) in [5.41, 5.74) is 3.39. The summed E-state index contributed by atoms with van der Waals surface area (Å²) >= 11 is 0. The van der Waals surface area contributed by atoms with Crippen LogP contribution in [0.25, 0.3) is 0 Å². The molecule has 2 atom stereocenters. The highest BCUT2D eigenvalue weighted by Crippen LogP contribution is 2.21. The summed E-state index contributed by atoms with van der Waals surface area (Å²) in [6.45, 7) is 13.6. The second kappa shape index (κ2) is 6.70. The van der Waals surface area contributed by atoms with Crippen molar-refractivity contribution in [3.8, 4) is 0 Å². The van der Waals surface area contributed by atoms with Gasteiger partial charge in [0.2, 0.25) is 5.91 Å². The molecule has 0 saturated carbocycles. The Bertz CT molecular complexity index is 439. The minimum Gasteiger partial charge on any atom is -0.355 e. The monoisotopic (exact) mass is 266 g/mol. The molecular formula is C14H26N4O. The zero-order valence-electron chi connectivity index (χ0n) is 12.9. The molecule has 2 N–H and O–H groups in total. The predicted octanol–water partition coefficient (Wildman–Crippen LogP) is 1.70. The molecule has 1 rings (SSSR count). The lowest BCUT2D eigenvalue weighted by atomic mass is 10.1. The van der Waals surface area contributed by atoms with Crippen LogP contribution in [0.1, 0.15) is 50.7 Å². The molecule has 0 aliphatic heterocycles. The van der Waals surface area contributed by atoms with Gasteiger partial charge in [0.15, 0.2) is 0 Å². The Labute approximate surface area is 115 Å². The van der Waals surface area contributed by atoms with Crippen molar-refractivity contribution in [2.24, 2.45) is 0 Å². The highest BCUT2D eigenvalue weighted by Gasteiger charge is 2.20. The van der Waals surface area contributed by atoms with Gasteiger partial charge in [0.05, 0.1) is 11.7 Å². The van der Waals surface area contributed by atoms with Crippen LogP contribution in [-0.4, -0.2) is 28.3 Å². The van der Waals surface area contributed by atoms with Crippen LogP contribution in [0, 0.1) is 13.8 Å². The van der Waals surface area contributed by atoms with E-state index in [0.717, 1.165) is 12.2 Å². The highest BCUT2D eigenvalue weighted by molar-refractivity contribution is 5.81. The molecule has 5 heteroatoms. The fourth-order valence-corrected chi connectivity index (χ4v) is 2.51. The minimum atomic E-state index is -0.210. The van der Waals surface area contributed by atoms with Crippen molar-refractivity contribution in [2.45, 2.75) is 60.2 Å². The minimum absolute atomic E-state index is 0.0348. The van der Waals surface area contributed by atoms with Gasteiger partial charge in [-0.2, -0.15) is 5.10 Å². The summed E-state index contributed by atoms with van der Waals surface area (Å²) in [6.07, 6.45) is 0. The van der Waals surface area contributed by atoms with Gasteiger partial charge in [-0.1, -0.05) is 0 Å². The summed E-state index contributed by atoms with van der Waals surface area (Å²) in [5.74, 6) is 0.0348. The fourth-order valence-electron chi connectivity index (χ4n) is 2.51. The molecule has 0 bridgehead atoms. The molecule has 2 unspecified atom stereocenters. The second-order valence-corrected chi connectivity index (χ2v) is 4.90. The van der Waals surface area contributed by atoms with Crippen LogP contribution in [0.4, 0.5) is 0 Å². The standard InChI is InChI=1S/C14H26N4O/c1-7-15-14(19)11(5)16-9(3)13-10(4)17-18(8-2)12(13)6/h9,11,16H,7-8H2,1-6H3,(H,15,19). The number of aromatic nitrogens is 2. The maximum atomic E-state index is 11.7. The largest absolute Gasteiger partial charge is 0.355 e. The zero-order valence-corrected chi connectivity index (χ0v) is 12.9. The molecule has 0 saturated heterocycles. The molecule has 1 heterocycles. The first-order valence-corrected chi connectivity index (χ1v) is 6.99. The number of hydrogen-bond acceptors (Lipinski definition) is 3. The number of aryl methyl sites for hydroxylation is 2. The Morgan fingerprint density at radius 3 is 2.42 bits per heavy atom. The number of likely N-dealkylation sites (N-methyl/N-ethyl adjacent to an activating group) is 1. The van der Waals surface area contributed by atoms with Gasteiger partial charge in [-0.15, -0.1) is 0 Å². The average Bonchev–Trinajstić information content (AvgIpc) is 2.64. The predicted molar refractivity (Wildman–Crippen MR) is 77.1 cm³/mol. The quantitative estimate of drug-likeness (QED) is 0.824. The van der Waals surface area contributed by atoms with E-state index in [1.807, 2.05) is 25.5 Å². The third-order valence-corrected chi connectivity index (χ3v) is 3.41. The molecule has 0 radical (unpaired) electrons. The lowest BCUT2D eigenvalue weighted by molar-refractivity contribution is -0.122. The van der Waals surface area contributed by atoms with Gasteiger partial charge in [-0.3, -0.25) is 14.8 Å². The van der Waals surface area contributed by atoms with Crippen molar-refractivity contribution in [3.05, 3.63) is 17.0 Å². The van der Waals surface area contributed by atoms with E-state index in [9.17, 15) is 4.79 Å². The Morgan fingerprint density at radius 2 is 1.95 bits per heavy atom. The van der Waals surface area contributed by atoms with E-state index in [1.165, 1.54) is 11.3 Å². The molecule has 1 aromatic heterocycles. The van der Waals surface area contributed by atoms with Crippen LogP contribution in [0.3, 0.4) is 0 Å². The number of carbonyl (C=O) groups is 1. The zero-order chi connectivity index (χ0) is 14.6. The van der Waals surface area contributed by atoms with Crippen molar-refractivity contribution in [1.29, 1.82) is 0 Å². The molecule has 108 valence electrons. The average molecular weight is 266 g/mol. The van der Waals surface area contributed by atoms with Crippen molar-refractivity contribution in [3.63, 3.8) is 0 Å². The van der Waals surface area contributed by atoms with Crippen molar-refractivity contribution in [1.82, 2.24) is 20.4 Å². The highest BCUT2D eigenvalue weighted by atomic mass is 16.2. The Kier molecular flexibility index (Phi) is 5.54. The first-order valence-electron chi connectivity index (χ1n) is 6.99. The molecule has 0 fully saturated rings. The molecular weight excluding hydrogens is 240 g/mol. The van der Waals surface area contributed by atoms with Gasteiger partial charge in [-0.25, -0.2) is 0 Å². The smallest absolute Gasteiger partial charge is 0.236 e. The molecule has 0 aliphatic rings. The van der Waals surface area contributed by atoms with Crippen molar-refractivity contribution >= 4 is 5.91 Å². The van der Waals surface area contributed by atoms with Gasteiger partial charge >= 0.3 is 0 Å². The lowest BCUT2D eigenvalue weighted by Crippen LogP contribution is -2.43. The number of carbonyl (C=O) groups excluding carboxylic acids is 1. The number of nitrogens with zero attached hydrogens (tertiary/aromatic N) is 2. The first kappa shape index (κ1) is 15.7. The summed E-state index contributed by atoms with van der Waals surface area (Å²) in [4.78, 5) is 11.7. The summed E-state index contributed by atoms with van der Waals surface area (Å²) in [5, 5.41) is 10.7. The second-order valence-electron chi connectivity index (χ2n) is 4.90. The summed E-state index contributed by atoms with van der Waals surface area (Å²) in [6, 6.07) is -0.100. The van der Waals surface area contributed by atoms with Crippen LogP contribution in [-0.2, 0) is 11.3 Å². The maximum Gasteiger partial charge on any atom is 0.236 e. The number of rotatable bonds is 6. The molecule has 0 spiro atoms. The Hall–Kier alpha value is -1.36. The Balaban J connectivity index is 2.81. The molecule has 0 aromatic carbocycles. The number of nitrogens with one attached hydrogen (secondary N) is 2. The van der Waals surface area contributed by atoms with Gasteiger partial charge in [-0.05, 0) is 41.5 Å². The third kappa shape index (κ3) is 3.56. The Morgan fingerprint density at radius 1 is 1.32 bits per heavy atom. The molecule has 19 heavy (non-hydrogen) atoms. The summed E-state index contributed by atoms with van der Waals surface area (Å²) in [7, 11) is 0. The first-order chi connectivity index (χ1) is 8.92. The summed E-state index contributed by atoms with van der Waals surface area (Å²) < 4.78 is 2.00. The van der Waals surface area contributed by atoms with E-state index >= 15 is 0 Å². The van der Waals surface area contributed by atoms with Gasteiger partial charge in [0.25, 0.3) is 0 Å². The van der Waals surface area contributed by atoms with Gasteiger partial charge in [0, 0.05) is 30.4 Å². The van der Waals surface area contributed by atoms with Gasteiger partial charge < -0.3 is 5.32 Å². The normalized spacial score (nSPS) is 14.2. The van der Waals surface area contributed by atoms with E-state index in [4.69, 9.17) is 0 Å². The lowest BCUT2D eigenvalue weighted by Gasteiger charge is -2.20. The van der Waals surface area contributed by atoms with E-state index in [1.54, 1.807) is 0 Å². The molecule has 0 aliphatic carbocycles. The maximum absolute atomic E-state index is 11.7. The number of hydrogen-bond donors (Lipinski definition) is 2. The number of amides is 1. The van der Waals surface area contributed by atoms with E-state index < -0.39 is 0 Å². The molecule has 1 amide bonds. The fraction of sp³-hybridized carbons (Fsp3) is 0.714.